The maximum Gasteiger partial charge on any atom is 0.331 e. The Morgan fingerprint density at radius 3 is 2.00 bits per heavy atom. The minimum absolute atomic E-state index is 0.0995. The normalized spacial score (nSPS) is 9.50. The van der Waals surface area contributed by atoms with Gasteiger partial charge in [0.2, 0.25) is 0 Å². The molecule has 2 amide bonds. The molecule has 0 aromatic heterocycles. The second kappa shape index (κ2) is 2.46. The van der Waals surface area contributed by atoms with Gasteiger partial charge >= 0.3 is 6.03 Å². The van der Waals surface area contributed by atoms with Gasteiger partial charge in [-0.1, -0.05) is 5.23 Å². The Morgan fingerprint density at radius 1 is 1.62 bits per heavy atom. The third kappa shape index (κ3) is 1.74. The van der Waals surface area contributed by atoms with E-state index in [9.17, 15) is 9.28 Å². The Labute approximate surface area is 46.6 Å². The second-order valence-corrected chi connectivity index (χ2v) is 1.31. The second-order valence-electron chi connectivity index (χ2n) is 1.31. The molecule has 0 atom stereocenters. The van der Waals surface area contributed by atoms with Crippen molar-refractivity contribution in [2.45, 2.75) is 0 Å². The van der Waals surface area contributed by atoms with E-state index in [1.807, 2.05) is 0 Å². The number of carbonyl (C=O) groups excluding carboxylic acids is 1. The van der Waals surface area contributed by atoms with E-state index >= 15 is 0 Å². The van der Waals surface area contributed by atoms with Gasteiger partial charge in [-0.2, -0.15) is 0 Å². The lowest BCUT2D eigenvalue weighted by Gasteiger charge is -2.15. The summed E-state index contributed by atoms with van der Waals surface area (Å²) in [5.41, 5.74) is 4.64. The number of halogens is 1. The summed E-state index contributed by atoms with van der Waals surface area (Å²) < 4.78 is 11.8. The molecule has 8 heavy (non-hydrogen) atoms. The predicted octanol–water partition coefficient (Wildman–Crippen LogP) is -0.272. The largest absolute Gasteiger partial charge is 0.350 e. The lowest BCUT2D eigenvalue weighted by Crippen LogP contribution is -2.39. The van der Waals surface area contributed by atoms with Gasteiger partial charge in [0.1, 0.15) is 0 Å². The monoisotopic (exact) mass is 121 g/mol. The molecular weight excluding hydrogens is 113 g/mol. The molecule has 0 bridgehead atoms. The van der Waals surface area contributed by atoms with Crippen molar-refractivity contribution in [3.63, 3.8) is 0 Å². The Kier molecular flexibility index (Phi) is 2.20. The van der Waals surface area contributed by atoms with Crippen LogP contribution in [0.4, 0.5) is 9.28 Å². The number of nitrogens with two attached hydrogens (primary N) is 1. The van der Waals surface area contributed by atoms with Crippen molar-refractivity contribution < 1.29 is 9.28 Å². The van der Waals surface area contributed by atoms with E-state index in [1.54, 1.807) is 0 Å². The highest BCUT2D eigenvalue weighted by molar-refractivity contribution is 5.70. The standard InChI is InChI=1S/C3H8FN3O/c1-6(3(5)8)7(2)4/h1-2H3,(H2,5,8). The van der Waals surface area contributed by atoms with E-state index in [4.69, 9.17) is 0 Å². The number of hydrogen-bond acceptors (Lipinski definition) is 2. The fraction of sp³-hybridized carbons (Fsp3) is 0.667. The lowest BCUT2D eigenvalue weighted by molar-refractivity contribution is -0.0987. The first-order valence-electron chi connectivity index (χ1n) is 1.98. The van der Waals surface area contributed by atoms with Crippen molar-refractivity contribution in [1.82, 2.24) is 10.2 Å². The van der Waals surface area contributed by atoms with Gasteiger partial charge in [0.15, 0.2) is 0 Å². The van der Waals surface area contributed by atoms with Crippen LogP contribution in [0.5, 0.6) is 0 Å². The van der Waals surface area contributed by atoms with Crippen LogP contribution in [0.15, 0.2) is 0 Å². The minimum atomic E-state index is -0.824. The molecule has 0 saturated carbocycles. The van der Waals surface area contributed by atoms with Crippen molar-refractivity contribution >= 4 is 6.03 Å². The molecule has 0 rings (SSSR count). The fourth-order valence-corrected chi connectivity index (χ4v) is 0.136. The summed E-state index contributed by atoms with van der Waals surface area (Å²) >= 11 is 0. The number of nitrogens with zero attached hydrogens (tertiary/aromatic N) is 2. The van der Waals surface area contributed by atoms with Crippen molar-refractivity contribution in [2.24, 2.45) is 5.73 Å². The van der Waals surface area contributed by atoms with Gasteiger partial charge < -0.3 is 5.73 Å². The van der Waals surface area contributed by atoms with E-state index in [-0.39, 0.29) is 5.23 Å². The summed E-state index contributed by atoms with van der Waals surface area (Å²) in [6.45, 7) is 0. The summed E-state index contributed by atoms with van der Waals surface area (Å²) in [7, 11) is 2.30. The first-order valence-corrected chi connectivity index (χ1v) is 1.98. The molecule has 0 heterocycles. The molecule has 0 spiro atoms. The maximum atomic E-state index is 11.8. The topological polar surface area (TPSA) is 49.6 Å². The summed E-state index contributed by atoms with van der Waals surface area (Å²) in [5, 5.41) is 0.738. The van der Waals surface area contributed by atoms with Crippen LogP contribution in [0.2, 0.25) is 0 Å². The van der Waals surface area contributed by atoms with Gasteiger partial charge in [0.05, 0.1) is 0 Å². The quantitative estimate of drug-likeness (QED) is 0.383. The molecule has 2 N–H and O–H groups in total. The molecule has 48 valence electrons. The molecule has 0 saturated heterocycles. The highest BCUT2D eigenvalue weighted by Gasteiger charge is 2.06. The number of carbonyl (C=O) groups is 1. The van der Waals surface area contributed by atoms with Crippen LogP contribution >= 0.6 is 0 Å². The first kappa shape index (κ1) is 7.16. The summed E-state index contributed by atoms with van der Waals surface area (Å²) in [5.74, 6) is 0. The van der Waals surface area contributed by atoms with Gasteiger partial charge in [0.25, 0.3) is 0 Å². The van der Waals surface area contributed by atoms with Crippen LogP contribution in [0, 0.1) is 0 Å². The molecule has 0 unspecified atom stereocenters. The van der Waals surface area contributed by atoms with Crippen LogP contribution in [-0.4, -0.2) is 30.4 Å². The van der Waals surface area contributed by atoms with Crippen molar-refractivity contribution in [3.05, 3.63) is 0 Å². The molecular formula is C3H8FN3O. The number of urea groups is 1. The zero-order chi connectivity index (χ0) is 6.73. The number of amides is 2. The van der Waals surface area contributed by atoms with Crippen LogP contribution in [0.3, 0.4) is 0 Å². The Hall–Kier alpha value is -0.840. The Bertz CT molecular complexity index is 94.5. The number of hydrogen-bond donors (Lipinski definition) is 1. The smallest absolute Gasteiger partial charge is 0.331 e. The average molecular weight is 121 g/mol. The summed E-state index contributed by atoms with van der Waals surface area (Å²) in [6, 6.07) is -0.824. The molecule has 0 radical (unpaired) electrons. The predicted molar refractivity (Wildman–Crippen MR) is 26.2 cm³/mol. The SMILES string of the molecule is CN(F)N(C)C(N)=O. The van der Waals surface area contributed by atoms with Crippen molar-refractivity contribution in [1.29, 1.82) is 0 Å². The zero-order valence-corrected chi connectivity index (χ0v) is 4.76. The van der Waals surface area contributed by atoms with Crippen LogP contribution < -0.4 is 5.73 Å². The Morgan fingerprint density at radius 2 is 2.00 bits per heavy atom. The van der Waals surface area contributed by atoms with E-state index < -0.39 is 6.03 Å². The molecule has 0 fully saturated rings. The van der Waals surface area contributed by atoms with Crippen LogP contribution in [0.25, 0.3) is 0 Å². The third-order valence-electron chi connectivity index (χ3n) is 0.732. The number of primary amides is 1. The van der Waals surface area contributed by atoms with Crippen molar-refractivity contribution in [2.75, 3.05) is 14.1 Å². The summed E-state index contributed by atoms with van der Waals surface area (Å²) in [4.78, 5) is 10.0. The van der Waals surface area contributed by atoms with Gasteiger partial charge in [-0.25, -0.2) is 9.80 Å². The van der Waals surface area contributed by atoms with Gasteiger partial charge in [-0.3, -0.25) is 0 Å². The number of rotatable bonds is 1. The highest BCUT2D eigenvalue weighted by atomic mass is 19.2. The molecule has 5 heteroatoms. The third-order valence-corrected chi connectivity index (χ3v) is 0.732. The zero-order valence-electron chi connectivity index (χ0n) is 4.76. The van der Waals surface area contributed by atoms with Gasteiger partial charge in [-0.15, -0.1) is 4.48 Å². The molecule has 4 nitrogen and oxygen atoms in total. The molecule has 0 aliphatic heterocycles. The van der Waals surface area contributed by atoms with Crippen LogP contribution in [0.1, 0.15) is 0 Å². The molecule has 0 aliphatic carbocycles. The molecule has 0 aromatic rings. The maximum absolute atomic E-state index is 11.8. The molecule has 0 aromatic carbocycles. The van der Waals surface area contributed by atoms with Crippen molar-refractivity contribution in [3.8, 4) is 0 Å². The number of hydrazine groups is 1. The fourth-order valence-electron chi connectivity index (χ4n) is 0.136. The van der Waals surface area contributed by atoms with Crippen LogP contribution in [-0.2, 0) is 0 Å². The van der Waals surface area contributed by atoms with Gasteiger partial charge in [-0.05, 0) is 0 Å². The molecule has 0 aliphatic rings. The van der Waals surface area contributed by atoms with E-state index in [2.05, 4.69) is 5.73 Å². The average Bonchev–Trinajstić information content (AvgIpc) is 1.64. The van der Waals surface area contributed by atoms with E-state index in [0.29, 0.717) is 5.01 Å². The Balaban J connectivity index is 3.64. The first-order chi connectivity index (χ1) is 3.55. The minimum Gasteiger partial charge on any atom is -0.350 e. The van der Waals surface area contributed by atoms with Gasteiger partial charge in [0, 0.05) is 14.1 Å². The lowest BCUT2D eigenvalue weighted by atomic mass is 11.0. The van der Waals surface area contributed by atoms with E-state index in [1.165, 1.54) is 7.05 Å². The van der Waals surface area contributed by atoms with E-state index in [0.717, 1.165) is 7.05 Å². The summed E-state index contributed by atoms with van der Waals surface area (Å²) in [6.07, 6.45) is 0. The highest BCUT2D eigenvalue weighted by Crippen LogP contribution is 1.87.